The molecular weight excluding hydrogens is 304 g/mol. The number of hydrogen-bond acceptors (Lipinski definition) is 6. The van der Waals surface area contributed by atoms with Gasteiger partial charge in [-0.1, -0.05) is 6.07 Å². The molecule has 0 aromatic carbocycles. The van der Waals surface area contributed by atoms with Crippen LogP contribution in [0, 0.1) is 11.3 Å². The molecule has 0 spiro atoms. The SMILES string of the molecule is CN(CCO)Cc1cc2n(n1)CCCN(c1cccc(C#N)n1)C2. The number of hydrogen-bond donors (Lipinski definition) is 1. The molecule has 0 saturated heterocycles. The Morgan fingerprint density at radius 3 is 3.04 bits per heavy atom. The molecule has 0 amide bonds. The molecule has 7 nitrogen and oxygen atoms in total. The molecule has 0 saturated carbocycles. The Morgan fingerprint density at radius 1 is 1.38 bits per heavy atom. The number of aliphatic hydroxyl groups excluding tert-OH is 1. The van der Waals surface area contributed by atoms with Crippen LogP contribution in [0.4, 0.5) is 5.82 Å². The van der Waals surface area contributed by atoms with E-state index in [-0.39, 0.29) is 6.61 Å². The lowest BCUT2D eigenvalue weighted by Crippen LogP contribution is -2.24. The van der Waals surface area contributed by atoms with Crippen LogP contribution in [0.2, 0.25) is 0 Å². The molecule has 0 atom stereocenters. The number of nitrogens with zero attached hydrogens (tertiary/aromatic N) is 6. The van der Waals surface area contributed by atoms with Crippen LogP contribution in [0.3, 0.4) is 0 Å². The molecule has 1 aliphatic heterocycles. The van der Waals surface area contributed by atoms with Gasteiger partial charge in [0.2, 0.25) is 0 Å². The molecule has 0 bridgehead atoms. The van der Waals surface area contributed by atoms with Gasteiger partial charge in [-0.15, -0.1) is 0 Å². The molecule has 1 aliphatic rings. The number of fused-ring (bicyclic) bond motifs is 1. The summed E-state index contributed by atoms with van der Waals surface area (Å²) in [6.07, 6.45) is 0.985. The minimum absolute atomic E-state index is 0.152. The maximum absolute atomic E-state index is 9.04. The van der Waals surface area contributed by atoms with Gasteiger partial charge in [-0.05, 0) is 31.7 Å². The average molecular weight is 326 g/mol. The summed E-state index contributed by atoms with van der Waals surface area (Å²) in [6, 6.07) is 9.77. The maximum Gasteiger partial charge on any atom is 0.142 e. The van der Waals surface area contributed by atoms with E-state index in [1.807, 2.05) is 19.2 Å². The van der Waals surface area contributed by atoms with Crippen LogP contribution in [0.25, 0.3) is 0 Å². The smallest absolute Gasteiger partial charge is 0.142 e. The molecule has 3 rings (SSSR count). The number of anilines is 1. The summed E-state index contributed by atoms with van der Waals surface area (Å²) in [5.41, 5.74) is 2.61. The largest absolute Gasteiger partial charge is 0.395 e. The molecule has 2 aromatic heterocycles. The second-order valence-electron chi connectivity index (χ2n) is 6.08. The first-order valence-electron chi connectivity index (χ1n) is 8.16. The lowest BCUT2D eigenvalue weighted by Gasteiger charge is -2.21. The van der Waals surface area contributed by atoms with Crippen molar-refractivity contribution in [1.82, 2.24) is 19.7 Å². The van der Waals surface area contributed by atoms with E-state index in [1.165, 1.54) is 0 Å². The van der Waals surface area contributed by atoms with E-state index in [2.05, 4.69) is 36.7 Å². The number of aryl methyl sites for hydroxylation is 1. The van der Waals surface area contributed by atoms with Gasteiger partial charge in [0.25, 0.3) is 0 Å². The van der Waals surface area contributed by atoms with Crippen LogP contribution >= 0.6 is 0 Å². The molecule has 0 fully saturated rings. The van der Waals surface area contributed by atoms with E-state index in [4.69, 9.17) is 10.4 Å². The highest BCUT2D eigenvalue weighted by Gasteiger charge is 2.18. The third kappa shape index (κ3) is 3.72. The molecule has 0 unspecified atom stereocenters. The lowest BCUT2D eigenvalue weighted by atomic mass is 10.3. The third-order valence-corrected chi connectivity index (χ3v) is 4.15. The summed E-state index contributed by atoms with van der Waals surface area (Å²) in [6.45, 7) is 4.03. The molecule has 3 heterocycles. The minimum atomic E-state index is 0.152. The highest BCUT2D eigenvalue weighted by Crippen LogP contribution is 2.20. The van der Waals surface area contributed by atoms with Gasteiger partial charge in [0.15, 0.2) is 0 Å². The summed E-state index contributed by atoms with van der Waals surface area (Å²) < 4.78 is 2.07. The fraction of sp³-hybridized carbons (Fsp3) is 0.471. The van der Waals surface area contributed by atoms with Crippen LogP contribution < -0.4 is 4.90 Å². The molecular formula is C17H22N6O. The molecule has 1 N–H and O–H groups in total. The van der Waals surface area contributed by atoms with Crippen molar-refractivity contribution >= 4 is 5.82 Å². The normalized spacial score (nSPS) is 14.3. The topological polar surface area (TPSA) is 81.2 Å². The highest BCUT2D eigenvalue weighted by molar-refractivity contribution is 5.42. The van der Waals surface area contributed by atoms with E-state index in [1.54, 1.807) is 6.07 Å². The fourth-order valence-corrected chi connectivity index (χ4v) is 2.98. The van der Waals surface area contributed by atoms with Crippen molar-refractivity contribution in [3.05, 3.63) is 41.3 Å². The van der Waals surface area contributed by atoms with Crippen LogP contribution in [0.15, 0.2) is 24.3 Å². The first-order chi connectivity index (χ1) is 11.7. The predicted molar refractivity (Wildman–Crippen MR) is 90.3 cm³/mol. The highest BCUT2D eigenvalue weighted by atomic mass is 16.3. The van der Waals surface area contributed by atoms with Crippen LogP contribution in [-0.2, 0) is 19.6 Å². The fourth-order valence-electron chi connectivity index (χ4n) is 2.98. The molecule has 7 heteroatoms. The van der Waals surface area contributed by atoms with Crippen molar-refractivity contribution in [2.24, 2.45) is 0 Å². The zero-order chi connectivity index (χ0) is 16.9. The van der Waals surface area contributed by atoms with Gasteiger partial charge < -0.3 is 10.0 Å². The zero-order valence-corrected chi connectivity index (χ0v) is 13.9. The number of likely N-dealkylation sites (N-methyl/N-ethyl adjacent to an activating group) is 1. The van der Waals surface area contributed by atoms with Gasteiger partial charge >= 0.3 is 0 Å². The Balaban J connectivity index is 1.77. The second-order valence-corrected chi connectivity index (χ2v) is 6.08. The Bertz CT molecular complexity index is 735. The van der Waals surface area contributed by atoms with Crippen LogP contribution in [-0.4, -0.2) is 51.5 Å². The van der Waals surface area contributed by atoms with Gasteiger partial charge in [-0.3, -0.25) is 9.58 Å². The number of aromatic nitrogens is 3. The van der Waals surface area contributed by atoms with Gasteiger partial charge in [-0.25, -0.2) is 4.98 Å². The quantitative estimate of drug-likeness (QED) is 0.882. The van der Waals surface area contributed by atoms with Gasteiger partial charge in [0.1, 0.15) is 17.6 Å². The Kier molecular flexibility index (Phi) is 5.08. The Morgan fingerprint density at radius 2 is 2.25 bits per heavy atom. The first-order valence-corrected chi connectivity index (χ1v) is 8.16. The van der Waals surface area contributed by atoms with E-state index in [9.17, 15) is 0 Å². The first kappa shape index (κ1) is 16.4. The monoisotopic (exact) mass is 326 g/mol. The standard InChI is InChI=1S/C17H22N6O/c1-21(8-9-24)12-15-10-16-13-22(6-3-7-23(16)20-15)17-5-2-4-14(11-18)19-17/h2,4-5,10,24H,3,6-9,12-13H2,1H3. The number of rotatable bonds is 5. The molecule has 0 aliphatic carbocycles. The Hall–Kier alpha value is -2.43. The number of pyridine rings is 1. The molecule has 24 heavy (non-hydrogen) atoms. The number of aliphatic hydroxyl groups is 1. The van der Waals surface area contributed by atoms with Crippen molar-refractivity contribution in [3.63, 3.8) is 0 Å². The minimum Gasteiger partial charge on any atom is -0.395 e. The van der Waals surface area contributed by atoms with Crippen LogP contribution in [0.5, 0.6) is 0 Å². The van der Waals surface area contributed by atoms with Crippen molar-refractivity contribution in [1.29, 1.82) is 5.26 Å². The summed E-state index contributed by atoms with van der Waals surface area (Å²) in [5, 5.41) is 22.7. The summed E-state index contributed by atoms with van der Waals surface area (Å²) in [7, 11) is 1.98. The lowest BCUT2D eigenvalue weighted by molar-refractivity contribution is 0.215. The van der Waals surface area contributed by atoms with Gasteiger partial charge in [-0.2, -0.15) is 10.4 Å². The van der Waals surface area contributed by atoms with Gasteiger partial charge in [0.05, 0.1) is 24.5 Å². The van der Waals surface area contributed by atoms with E-state index >= 15 is 0 Å². The van der Waals surface area contributed by atoms with E-state index in [0.29, 0.717) is 12.2 Å². The summed E-state index contributed by atoms with van der Waals surface area (Å²) in [4.78, 5) is 8.66. The van der Waals surface area contributed by atoms with Crippen molar-refractivity contribution in [2.45, 2.75) is 26.1 Å². The Labute approximate surface area is 141 Å². The third-order valence-electron chi connectivity index (χ3n) is 4.15. The van der Waals surface area contributed by atoms with Gasteiger partial charge in [0, 0.05) is 26.2 Å². The molecule has 2 aromatic rings. The summed E-state index contributed by atoms with van der Waals surface area (Å²) in [5.74, 6) is 0.836. The maximum atomic E-state index is 9.04. The van der Waals surface area contributed by atoms with Crippen molar-refractivity contribution in [2.75, 3.05) is 31.6 Å². The summed E-state index contributed by atoms with van der Waals surface area (Å²) >= 11 is 0. The zero-order valence-electron chi connectivity index (χ0n) is 13.9. The molecule has 126 valence electrons. The van der Waals surface area contributed by atoms with E-state index < -0.39 is 0 Å². The van der Waals surface area contributed by atoms with Crippen LogP contribution in [0.1, 0.15) is 23.5 Å². The molecule has 0 radical (unpaired) electrons. The second kappa shape index (κ2) is 7.43. The van der Waals surface area contributed by atoms with E-state index in [0.717, 1.165) is 49.8 Å². The van der Waals surface area contributed by atoms with Crippen molar-refractivity contribution in [3.8, 4) is 6.07 Å². The predicted octanol–water partition coefficient (Wildman–Crippen LogP) is 0.984. The average Bonchev–Trinajstić information content (AvgIpc) is 2.84. The van der Waals surface area contributed by atoms with Crippen molar-refractivity contribution < 1.29 is 5.11 Å². The number of nitriles is 1.